The molecule has 2 nitrogen and oxygen atoms in total. The minimum Gasteiger partial charge on any atom is -0.307 e. The Hall–Kier alpha value is -0.370. The first kappa shape index (κ1) is 17.0. The first-order chi connectivity index (χ1) is 6.87. The van der Waals surface area contributed by atoms with Crippen molar-refractivity contribution in [3.05, 3.63) is 0 Å². The maximum atomic E-state index is 9.44. The van der Waals surface area contributed by atoms with Crippen molar-refractivity contribution >= 4 is 5.78 Å². The number of ketones is 1. The smallest absolute Gasteiger partial charge is 0.126 e. The lowest BCUT2D eigenvalue weighted by Crippen LogP contribution is -2.20. The van der Waals surface area contributed by atoms with Gasteiger partial charge in [-0.25, -0.2) is 0 Å². The van der Waals surface area contributed by atoms with Gasteiger partial charge < -0.3 is 9.69 Å². The van der Waals surface area contributed by atoms with E-state index < -0.39 is 0 Å². The molecular formula is C13H29NO. The molecule has 0 atom stereocenters. The molecule has 0 spiro atoms. The fraction of sp³-hybridized carbons (Fsp3) is 0.923. The first-order valence-electron chi connectivity index (χ1n) is 6.01. The van der Waals surface area contributed by atoms with Crippen molar-refractivity contribution in [2.45, 2.75) is 65.8 Å². The van der Waals surface area contributed by atoms with Gasteiger partial charge in [0.1, 0.15) is 5.78 Å². The van der Waals surface area contributed by atoms with Crippen molar-refractivity contribution in [1.82, 2.24) is 4.90 Å². The Kier molecular flexibility index (Phi) is 13.3. The standard InChI is InChI=1S/C5H13N.C5H10.C3H6O/c1-5(2)6(3)4;1-2-4-5-3-1;1-3(2)4/h5H,1-4H3;1-5H2;1-2H3. The zero-order valence-corrected chi connectivity index (χ0v) is 11.5. The minimum absolute atomic E-state index is 0.167. The predicted molar refractivity (Wildman–Crippen MR) is 68.3 cm³/mol. The van der Waals surface area contributed by atoms with Crippen LogP contribution in [0.4, 0.5) is 0 Å². The third-order valence-electron chi connectivity index (χ3n) is 2.28. The number of rotatable bonds is 1. The highest BCUT2D eigenvalue weighted by Gasteiger charge is 1.95. The first-order valence-corrected chi connectivity index (χ1v) is 6.01. The van der Waals surface area contributed by atoms with E-state index in [4.69, 9.17) is 0 Å². The van der Waals surface area contributed by atoms with Gasteiger partial charge in [0.25, 0.3) is 0 Å². The van der Waals surface area contributed by atoms with Crippen molar-refractivity contribution in [2.75, 3.05) is 14.1 Å². The largest absolute Gasteiger partial charge is 0.307 e. The van der Waals surface area contributed by atoms with Crippen LogP contribution in [-0.2, 0) is 4.79 Å². The Labute approximate surface area is 96.0 Å². The average Bonchev–Trinajstić information content (AvgIpc) is 2.58. The van der Waals surface area contributed by atoms with Gasteiger partial charge in [0.2, 0.25) is 0 Å². The van der Waals surface area contributed by atoms with E-state index in [0.717, 1.165) is 0 Å². The molecule has 0 aromatic rings. The maximum absolute atomic E-state index is 9.44. The van der Waals surface area contributed by atoms with E-state index >= 15 is 0 Å². The van der Waals surface area contributed by atoms with Gasteiger partial charge in [-0.3, -0.25) is 0 Å². The highest BCUT2D eigenvalue weighted by Crippen LogP contribution is 2.15. The summed E-state index contributed by atoms with van der Waals surface area (Å²) >= 11 is 0. The topological polar surface area (TPSA) is 20.3 Å². The summed E-state index contributed by atoms with van der Waals surface area (Å²) in [6.45, 7) is 7.39. The molecule has 0 N–H and O–H groups in total. The molecule has 1 fully saturated rings. The Morgan fingerprint density at radius 1 is 0.933 bits per heavy atom. The summed E-state index contributed by atoms with van der Waals surface area (Å²) < 4.78 is 0. The minimum atomic E-state index is 0.167. The summed E-state index contributed by atoms with van der Waals surface area (Å²) in [5.74, 6) is 0.167. The van der Waals surface area contributed by atoms with Gasteiger partial charge in [0.05, 0.1) is 0 Å². The van der Waals surface area contributed by atoms with Crippen LogP contribution in [0.5, 0.6) is 0 Å². The lowest BCUT2D eigenvalue weighted by Gasteiger charge is -2.12. The van der Waals surface area contributed by atoms with Crippen LogP contribution in [0, 0.1) is 0 Å². The van der Waals surface area contributed by atoms with Crippen LogP contribution in [0.15, 0.2) is 0 Å². The van der Waals surface area contributed by atoms with Gasteiger partial charge in [-0.2, -0.15) is 0 Å². The second-order valence-corrected chi connectivity index (χ2v) is 4.73. The Bertz CT molecular complexity index is 120. The Morgan fingerprint density at radius 2 is 1.07 bits per heavy atom. The van der Waals surface area contributed by atoms with Crippen molar-refractivity contribution in [3.8, 4) is 0 Å². The third-order valence-corrected chi connectivity index (χ3v) is 2.28. The molecular weight excluding hydrogens is 186 g/mol. The van der Waals surface area contributed by atoms with Crippen LogP contribution in [0.25, 0.3) is 0 Å². The van der Waals surface area contributed by atoms with Gasteiger partial charge in [-0.05, 0) is 41.8 Å². The highest BCUT2D eigenvalue weighted by atomic mass is 16.1. The van der Waals surface area contributed by atoms with Crippen LogP contribution >= 0.6 is 0 Å². The molecule has 0 amide bonds. The quantitative estimate of drug-likeness (QED) is 0.667. The summed E-state index contributed by atoms with van der Waals surface area (Å²) in [6, 6.07) is 0.685. The fourth-order valence-electron chi connectivity index (χ4n) is 0.884. The summed E-state index contributed by atoms with van der Waals surface area (Å²) in [5.41, 5.74) is 0. The average molecular weight is 215 g/mol. The van der Waals surface area contributed by atoms with Crippen LogP contribution in [0.2, 0.25) is 0 Å². The zero-order valence-electron chi connectivity index (χ0n) is 11.5. The fourth-order valence-corrected chi connectivity index (χ4v) is 0.884. The number of carbonyl (C=O) groups excluding carboxylic acids is 1. The number of hydrogen-bond donors (Lipinski definition) is 0. The molecule has 0 aromatic heterocycles. The SMILES string of the molecule is C1CCCC1.CC(C)=O.CC(C)N(C)C. The summed E-state index contributed by atoms with van der Waals surface area (Å²) in [7, 11) is 4.15. The van der Waals surface area contributed by atoms with Gasteiger partial charge in [0.15, 0.2) is 0 Å². The van der Waals surface area contributed by atoms with E-state index in [9.17, 15) is 4.79 Å². The van der Waals surface area contributed by atoms with Gasteiger partial charge in [-0.15, -0.1) is 0 Å². The number of nitrogens with zero attached hydrogens (tertiary/aromatic N) is 1. The molecule has 0 heterocycles. The van der Waals surface area contributed by atoms with Crippen LogP contribution in [-0.4, -0.2) is 30.8 Å². The van der Waals surface area contributed by atoms with Crippen molar-refractivity contribution in [3.63, 3.8) is 0 Å². The highest BCUT2D eigenvalue weighted by molar-refractivity contribution is 5.72. The summed E-state index contributed by atoms with van der Waals surface area (Å²) in [4.78, 5) is 11.6. The summed E-state index contributed by atoms with van der Waals surface area (Å²) in [6.07, 6.45) is 7.50. The molecule has 92 valence electrons. The predicted octanol–water partition coefficient (Wildman–Crippen LogP) is 3.50. The number of hydrogen-bond acceptors (Lipinski definition) is 2. The van der Waals surface area contributed by atoms with Crippen molar-refractivity contribution < 1.29 is 4.79 Å². The van der Waals surface area contributed by atoms with Gasteiger partial charge in [-0.1, -0.05) is 32.1 Å². The second kappa shape index (κ2) is 11.7. The molecule has 1 rings (SSSR count). The molecule has 0 radical (unpaired) electrons. The maximum Gasteiger partial charge on any atom is 0.126 e. The molecule has 2 heteroatoms. The number of carbonyl (C=O) groups is 1. The van der Waals surface area contributed by atoms with Crippen molar-refractivity contribution in [2.24, 2.45) is 0 Å². The molecule has 15 heavy (non-hydrogen) atoms. The van der Waals surface area contributed by atoms with Crippen LogP contribution in [0.1, 0.15) is 59.8 Å². The summed E-state index contributed by atoms with van der Waals surface area (Å²) in [5, 5.41) is 0. The monoisotopic (exact) mass is 215 g/mol. The second-order valence-electron chi connectivity index (χ2n) is 4.73. The van der Waals surface area contributed by atoms with Gasteiger partial charge in [0, 0.05) is 6.04 Å². The van der Waals surface area contributed by atoms with Crippen molar-refractivity contribution in [1.29, 1.82) is 0 Å². The third kappa shape index (κ3) is 24.8. The van der Waals surface area contributed by atoms with E-state index in [2.05, 4.69) is 32.8 Å². The molecule has 0 saturated heterocycles. The molecule has 1 aliphatic rings. The van der Waals surface area contributed by atoms with E-state index in [-0.39, 0.29) is 5.78 Å². The van der Waals surface area contributed by atoms with E-state index in [1.165, 1.54) is 46.0 Å². The molecule has 1 aliphatic carbocycles. The zero-order chi connectivity index (χ0) is 12.3. The molecule has 0 aromatic carbocycles. The van der Waals surface area contributed by atoms with Crippen LogP contribution < -0.4 is 0 Å². The Morgan fingerprint density at radius 3 is 1.13 bits per heavy atom. The lowest BCUT2D eigenvalue weighted by atomic mass is 10.4. The molecule has 0 bridgehead atoms. The molecule has 0 unspecified atom stereocenters. The van der Waals surface area contributed by atoms with E-state index in [1.54, 1.807) is 0 Å². The van der Waals surface area contributed by atoms with E-state index in [0.29, 0.717) is 6.04 Å². The molecule has 0 aliphatic heterocycles. The Balaban J connectivity index is 0. The number of Topliss-reactive ketones (excluding diaryl/α,β-unsaturated/α-hetero) is 1. The lowest BCUT2D eigenvalue weighted by molar-refractivity contribution is -0.114. The van der Waals surface area contributed by atoms with Gasteiger partial charge >= 0.3 is 0 Å². The normalized spacial score (nSPS) is 14.1. The molecule has 1 saturated carbocycles. The van der Waals surface area contributed by atoms with Crippen LogP contribution in [0.3, 0.4) is 0 Å². The van der Waals surface area contributed by atoms with E-state index in [1.807, 2.05) is 0 Å².